The first kappa shape index (κ1) is 31.5. The van der Waals surface area contributed by atoms with Crippen LogP contribution in [0.3, 0.4) is 0 Å². The highest BCUT2D eigenvalue weighted by atomic mass is 16.5. The fourth-order valence-electron chi connectivity index (χ4n) is 6.51. The Morgan fingerprint density at radius 3 is 2.36 bits per heavy atom. The van der Waals surface area contributed by atoms with Gasteiger partial charge >= 0.3 is 0 Å². The average molecular weight is 600 g/mol. The largest absolute Gasteiger partial charge is 0.379 e. The molecule has 0 spiro atoms. The van der Waals surface area contributed by atoms with Gasteiger partial charge in [0.15, 0.2) is 0 Å². The number of aromatic nitrogens is 1. The highest BCUT2D eigenvalue weighted by Gasteiger charge is 2.26. The van der Waals surface area contributed by atoms with Gasteiger partial charge in [0.1, 0.15) is 0 Å². The molecule has 9 nitrogen and oxygen atoms in total. The van der Waals surface area contributed by atoms with Crippen molar-refractivity contribution in [1.82, 2.24) is 20.1 Å². The van der Waals surface area contributed by atoms with E-state index in [4.69, 9.17) is 4.74 Å². The summed E-state index contributed by atoms with van der Waals surface area (Å²) in [6.45, 7) is 14.6. The summed E-state index contributed by atoms with van der Waals surface area (Å²) in [6, 6.07) is 15.0. The Hall–Kier alpha value is -3.95. The number of anilines is 1. The van der Waals surface area contributed by atoms with E-state index in [1.54, 1.807) is 0 Å². The van der Waals surface area contributed by atoms with Crippen molar-refractivity contribution in [3.8, 4) is 11.1 Å². The summed E-state index contributed by atoms with van der Waals surface area (Å²) in [4.78, 5) is 47.2. The molecule has 5 rings (SSSR count). The summed E-state index contributed by atoms with van der Waals surface area (Å²) in [5, 5.41) is 3.03. The van der Waals surface area contributed by atoms with Crippen LogP contribution in [0.5, 0.6) is 0 Å². The fourth-order valence-corrected chi connectivity index (χ4v) is 6.51. The van der Waals surface area contributed by atoms with E-state index in [1.807, 2.05) is 37.8 Å². The minimum absolute atomic E-state index is 0.150. The molecule has 0 aliphatic carbocycles. The highest BCUT2D eigenvalue weighted by molar-refractivity contribution is 5.99. The van der Waals surface area contributed by atoms with E-state index in [9.17, 15) is 14.4 Å². The third-order valence-corrected chi connectivity index (χ3v) is 9.08. The van der Waals surface area contributed by atoms with Gasteiger partial charge in [-0.25, -0.2) is 0 Å². The van der Waals surface area contributed by atoms with Gasteiger partial charge in [0, 0.05) is 74.4 Å². The lowest BCUT2D eigenvalue weighted by molar-refractivity contribution is -0.119. The van der Waals surface area contributed by atoms with Crippen molar-refractivity contribution in [3.05, 3.63) is 86.3 Å². The minimum atomic E-state index is -0.208. The van der Waals surface area contributed by atoms with Crippen LogP contribution >= 0.6 is 0 Å². The number of hydrogen-bond acceptors (Lipinski definition) is 6. The molecule has 3 heterocycles. The van der Waals surface area contributed by atoms with Gasteiger partial charge in [-0.15, -0.1) is 0 Å². The molecule has 0 radical (unpaired) electrons. The molecule has 234 valence electrons. The number of aromatic amines is 1. The van der Waals surface area contributed by atoms with Gasteiger partial charge in [0.2, 0.25) is 6.41 Å². The first-order chi connectivity index (χ1) is 21.3. The minimum Gasteiger partial charge on any atom is -0.379 e. The van der Waals surface area contributed by atoms with Crippen molar-refractivity contribution >= 4 is 18.0 Å². The van der Waals surface area contributed by atoms with Gasteiger partial charge in [-0.2, -0.15) is 0 Å². The maximum absolute atomic E-state index is 13.8. The molecule has 2 aromatic carbocycles. The van der Waals surface area contributed by atoms with E-state index in [-0.39, 0.29) is 24.1 Å². The van der Waals surface area contributed by atoms with Crippen molar-refractivity contribution < 1.29 is 14.3 Å². The van der Waals surface area contributed by atoms with E-state index in [0.717, 1.165) is 105 Å². The number of carbonyl (C=O) groups is 2. The molecule has 0 bridgehead atoms. The number of rotatable bonds is 10. The predicted octanol–water partition coefficient (Wildman–Crippen LogP) is 4.18. The van der Waals surface area contributed by atoms with Crippen LogP contribution < -0.4 is 15.8 Å². The SMILES string of the molecule is CCN(c1cc(-c2ccc(CN3CCOCC3)cc2)cc(C(=O)NCc2c(C)cc(C)[nH]c2=O)c1C)C1CCN(C=O)CC1. The van der Waals surface area contributed by atoms with Crippen molar-refractivity contribution in [3.63, 3.8) is 0 Å². The number of nitrogens with zero attached hydrogens (tertiary/aromatic N) is 3. The Balaban J connectivity index is 1.46. The Labute approximate surface area is 260 Å². The number of aryl methyl sites for hydroxylation is 2. The zero-order valence-electron chi connectivity index (χ0n) is 26.4. The molecule has 9 heteroatoms. The Morgan fingerprint density at radius 1 is 1.02 bits per heavy atom. The fraction of sp³-hybridized carbons (Fsp3) is 0.457. The normalized spacial score (nSPS) is 16.1. The first-order valence-electron chi connectivity index (χ1n) is 15.7. The topological polar surface area (TPSA) is 98.0 Å². The summed E-state index contributed by atoms with van der Waals surface area (Å²) < 4.78 is 5.49. The molecule has 3 aromatic rings. The van der Waals surface area contributed by atoms with Crippen LogP contribution in [0.25, 0.3) is 11.1 Å². The summed E-state index contributed by atoms with van der Waals surface area (Å²) in [6.07, 6.45) is 2.69. The number of likely N-dealkylation sites (tertiary alicyclic amines) is 1. The zero-order valence-corrected chi connectivity index (χ0v) is 26.4. The number of carbonyl (C=O) groups excluding carboxylic acids is 2. The second kappa shape index (κ2) is 14.2. The molecule has 0 saturated carbocycles. The third kappa shape index (κ3) is 7.22. The molecule has 2 amide bonds. The summed E-state index contributed by atoms with van der Waals surface area (Å²) in [5.41, 5.74) is 7.84. The Morgan fingerprint density at radius 2 is 1.73 bits per heavy atom. The number of benzene rings is 2. The van der Waals surface area contributed by atoms with Gasteiger partial charge in [-0.05, 0) is 86.6 Å². The molecular weight excluding hydrogens is 554 g/mol. The number of ether oxygens (including phenoxy) is 1. The molecule has 2 fully saturated rings. The van der Waals surface area contributed by atoms with Crippen LogP contribution in [-0.2, 0) is 22.6 Å². The smallest absolute Gasteiger partial charge is 0.253 e. The molecule has 2 aliphatic heterocycles. The number of morpholine rings is 1. The van der Waals surface area contributed by atoms with E-state index in [1.165, 1.54) is 5.56 Å². The molecule has 2 aliphatic rings. The summed E-state index contributed by atoms with van der Waals surface area (Å²) in [5.74, 6) is -0.208. The van der Waals surface area contributed by atoms with Gasteiger partial charge < -0.3 is 24.8 Å². The number of pyridine rings is 1. The molecule has 2 saturated heterocycles. The van der Waals surface area contributed by atoms with Gasteiger partial charge in [0.25, 0.3) is 11.5 Å². The number of piperidine rings is 1. The Bertz CT molecular complexity index is 1520. The summed E-state index contributed by atoms with van der Waals surface area (Å²) >= 11 is 0. The quantitative estimate of drug-likeness (QED) is 0.340. The van der Waals surface area contributed by atoms with Gasteiger partial charge in [0.05, 0.1) is 13.2 Å². The lowest BCUT2D eigenvalue weighted by atomic mass is 9.94. The van der Waals surface area contributed by atoms with Crippen LogP contribution in [0.2, 0.25) is 0 Å². The molecule has 1 aromatic heterocycles. The van der Waals surface area contributed by atoms with Crippen LogP contribution in [0.1, 0.15) is 58.1 Å². The van der Waals surface area contributed by atoms with Crippen molar-refractivity contribution in [2.24, 2.45) is 0 Å². The van der Waals surface area contributed by atoms with E-state index in [2.05, 4.69) is 57.4 Å². The average Bonchev–Trinajstić information content (AvgIpc) is 3.03. The number of amides is 2. The number of hydrogen-bond donors (Lipinski definition) is 2. The molecule has 0 unspecified atom stereocenters. The van der Waals surface area contributed by atoms with Crippen molar-refractivity contribution in [1.29, 1.82) is 0 Å². The lowest BCUT2D eigenvalue weighted by Crippen LogP contribution is -2.45. The van der Waals surface area contributed by atoms with Crippen LogP contribution in [0, 0.1) is 20.8 Å². The number of H-pyrrole nitrogens is 1. The molecular formula is C35H45N5O4. The van der Waals surface area contributed by atoms with E-state index in [0.29, 0.717) is 11.1 Å². The molecule has 0 atom stereocenters. The predicted molar refractivity (Wildman–Crippen MR) is 174 cm³/mol. The summed E-state index contributed by atoms with van der Waals surface area (Å²) in [7, 11) is 0. The second-order valence-corrected chi connectivity index (χ2v) is 12.0. The van der Waals surface area contributed by atoms with Gasteiger partial charge in [-0.1, -0.05) is 24.3 Å². The van der Waals surface area contributed by atoms with Gasteiger partial charge in [-0.3, -0.25) is 19.3 Å². The van der Waals surface area contributed by atoms with Crippen LogP contribution in [0.15, 0.2) is 47.3 Å². The highest BCUT2D eigenvalue weighted by Crippen LogP contribution is 2.34. The first-order valence-corrected chi connectivity index (χ1v) is 15.7. The maximum Gasteiger partial charge on any atom is 0.253 e. The van der Waals surface area contributed by atoms with Crippen LogP contribution in [0.4, 0.5) is 5.69 Å². The van der Waals surface area contributed by atoms with Crippen molar-refractivity contribution in [2.75, 3.05) is 50.8 Å². The second-order valence-electron chi connectivity index (χ2n) is 12.0. The lowest BCUT2D eigenvalue weighted by Gasteiger charge is -2.39. The molecule has 44 heavy (non-hydrogen) atoms. The molecule has 2 N–H and O–H groups in total. The maximum atomic E-state index is 13.8. The van der Waals surface area contributed by atoms with E-state index < -0.39 is 0 Å². The third-order valence-electron chi connectivity index (χ3n) is 9.08. The number of nitrogens with one attached hydrogen (secondary N) is 2. The zero-order chi connectivity index (χ0) is 31.2. The monoisotopic (exact) mass is 599 g/mol. The van der Waals surface area contributed by atoms with Crippen LogP contribution in [-0.4, -0.2) is 79.1 Å². The standard InChI is InChI=1S/C35H45N5O4/c1-5-40(30-10-12-39(23-41)13-11-30)33-20-29(28-8-6-27(7-9-28)22-38-14-16-44-17-15-38)19-31(26(33)4)34(42)36-21-32-24(2)18-25(3)37-35(32)43/h6-9,18-20,23,30H,5,10-17,21-22H2,1-4H3,(H,36,42)(H,37,43). The Kier molecular flexibility index (Phi) is 10.2. The van der Waals surface area contributed by atoms with E-state index >= 15 is 0 Å². The van der Waals surface area contributed by atoms with Crippen molar-refractivity contribution in [2.45, 2.75) is 59.7 Å².